The molecule has 0 aliphatic heterocycles. The highest BCUT2D eigenvalue weighted by atomic mass is 16.6. The molecule has 1 aromatic heterocycles. The Hall–Kier alpha value is -2.32. The fourth-order valence-corrected chi connectivity index (χ4v) is 1.78. The zero-order chi connectivity index (χ0) is 18.4. The maximum Gasteiger partial charge on any atom is 0.408 e. The second kappa shape index (κ2) is 7.98. The standard InChI is InChI=1S/C15H29N7O2/c1-14(2,3)24-13(23)20-15(4,5)9-18-12(16-6)17-8-11-21-19-10-22(11)7/h10H,8-9H2,1-7H3,(H,20,23)(H2,16,17,18). The number of aliphatic imine (C=N–C) groups is 1. The number of aryl methyl sites for hydroxylation is 1. The molecule has 0 unspecified atom stereocenters. The van der Waals surface area contributed by atoms with Crippen LogP contribution in [0, 0.1) is 0 Å². The molecule has 0 aromatic carbocycles. The fourth-order valence-electron chi connectivity index (χ4n) is 1.78. The van der Waals surface area contributed by atoms with E-state index in [9.17, 15) is 4.79 Å². The van der Waals surface area contributed by atoms with Gasteiger partial charge in [-0.25, -0.2) is 4.79 Å². The molecule has 0 aliphatic carbocycles. The van der Waals surface area contributed by atoms with Gasteiger partial charge in [-0.15, -0.1) is 10.2 Å². The van der Waals surface area contributed by atoms with E-state index in [4.69, 9.17) is 4.74 Å². The van der Waals surface area contributed by atoms with Crippen LogP contribution in [0.1, 0.15) is 40.4 Å². The molecule has 0 aliphatic rings. The third-order valence-corrected chi connectivity index (χ3v) is 2.98. The molecule has 3 N–H and O–H groups in total. The Kier molecular flexibility index (Phi) is 6.56. The number of rotatable bonds is 5. The SMILES string of the molecule is CN=C(NCc1nncn1C)NCC(C)(C)NC(=O)OC(C)(C)C. The fraction of sp³-hybridized carbons (Fsp3) is 0.733. The lowest BCUT2D eigenvalue weighted by atomic mass is 10.1. The normalized spacial score (nSPS) is 12.7. The van der Waals surface area contributed by atoms with Gasteiger partial charge in [-0.1, -0.05) is 0 Å². The maximum atomic E-state index is 11.9. The van der Waals surface area contributed by atoms with Crippen molar-refractivity contribution in [3.8, 4) is 0 Å². The third kappa shape index (κ3) is 7.30. The monoisotopic (exact) mass is 339 g/mol. The number of alkyl carbamates (subject to hydrolysis) is 1. The van der Waals surface area contributed by atoms with E-state index in [1.54, 1.807) is 13.4 Å². The van der Waals surface area contributed by atoms with Gasteiger partial charge in [0.2, 0.25) is 0 Å². The van der Waals surface area contributed by atoms with Crippen LogP contribution in [0.3, 0.4) is 0 Å². The largest absolute Gasteiger partial charge is 0.444 e. The lowest BCUT2D eigenvalue weighted by molar-refractivity contribution is 0.0474. The number of amides is 1. The first kappa shape index (κ1) is 19.7. The van der Waals surface area contributed by atoms with E-state index in [1.807, 2.05) is 46.2 Å². The molecule has 136 valence electrons. The molecule has 0 saturated carbocycles. The van der Waals surface area contributed by atoms with E-state index >= 15 is 0 Å². The lowest BCUT2D eigenvalue weighted by Crippen LogP contribution is -2.54. The van der Waals surface area contributed by atoms with Gasteiger partial charge in [0.15, 0.2) is 11.8 Å². The van der Waals surface area contributed by atoms with Crippen molar-refractivity contribution in [2.75, 3.05) is 13.6 Å². The summed E-state index contributed by atoms with van der Waals surface area (Å²) in [4.78, 5) is 16.0. The van der Waals surface area contributed by atoms with Crippen molar-refractivity contribution in [2.45, 2.75) is 52.3 Å². The minimum Gasteiger partial charge on any atom is -0.444 e. The first-order valence-corrected chi connectivity index (χ1v) is 7.81. The summed E-state index contributed by atoms with van der Waals surface area (Å²) in [5, 5.41) is 17.0. The number of nitrogens with one attached hydrogen (secondary N) is 3. The number of ether oxygens (including phenoxy) is 1. The Morgan fingerprint density at radius 2 is 1.96 bits per heavy atom. The van der Waals surface area contributed by atoms with Crippen molar-refractivity contribution in [3.63, 3.8) is 0 Å². The van der Waals surface area contributed by atoms with E-state index < -0.39 is 17.2 Å². The molecule has 24 heavy (non-hydrogen) atoms. The highest BCUT2D eigenvalue weighted by Crippen LogP contribution is 2.09. The number of hydrogen-bond acceptors (Lipinski definition) is 5. The van der Waals surface area contributed by atoms with Gasteiger partial charge in [0.05, 0.1) is 12.1 Å². The first-order chi connectivity index (χ1) is 11.0. The number of guanidine groups is 1. The summed E-state index contributed by atoms with van der Waals surface area (Å²) in [6.07, 6.45) is 1.19. The molecule has 0 fully saturated rings. The van der Waals surface area contributed by atoms with Gasteiger partial charge in [-0.05, 0) is 34.6 Å². The molecule has 0 bridgehead atoms. The number of carbonyl (C=O) groups excluding carboxylic acids is 1. The van der Waals surface area contributed by atoms with Crippen molar-refractivity contribution in [1.29, 1.82) is 0 Å². The predicted molar refractivity (Wildman–Crippen MR) is 92.7 cm³/mol. The molecule has 1 amide bonds. The van der Waals surface area contributed by atoms with E-state index in [0.29, 0.717) is 19.0 Å². The number of carbonyl (C=O) groups is 1. The molecule has 9 heteroatoms. The van der Waals surface area contributed by atoms with Crippen molar-refractivity contribution in [3.05, 3.63) is 12.2 Å². The average Bonchev–Trinajstić information content (AvgIpc) is 2.81. The molecule has 1 rings (SSSR count). The predicted octanol–water partition coefficient (Wildman–Crippen LogP) is 0.783. The van der Waals surface area contributed by atoms with Crippen molar-refractivity contribution in [2.24, 2.45) is 12.0 Å². The lowest BCUT2D eigenvalue weighted by Gasteiger charge is -2.29. The molecule has 0 spiro atoms. The van der Waals surface area contributed by atoms with E-state index in [1.165, 1.54) is 0 Å². The zero-order valence-corrected chi connectivity index (χ0v) is 15.6. The van der Waals surface area contributed by atoms with Crippen LogP contribution < -0.4 is 16.0 Å². The zero-order valence-electron chi connectivity index (χ0n) is 15.6. The molecule has 1 heterocycles. The summed E-state index contributed by atoms with van der Waals surface area (Å²) in [5.41, 5.74) is -1.04. The van der Waals surface area contributed by atoms with Crippen LogP contribution in [0.15, 0.2) is 11.3 Å². The third-order valence-electron chi connectivity index (χ3n) is 2.98. The summed E-state index contributed by atoms with van der Waals surface area (Å²) in [5.74, 6) is 1.40. The minimum atomic E-state index is -0.527. The van der Waals surface area contributed by atoms with Crippen molar-refractivity contribution in [1.82, 2.24) is 30.7 Å². The number of aromatic nitrogens is 3. The maximum absolute atomic E-state index is 11.9. The van der Waals surface area contributed by atoms with Crippen LogP contribution in [0.2, 0.25) is 0 Å². The molecule has 9 nitrogen and oxygen atoms in total. The van der Waals surface area contributed by atoms with E-state index in [-0.39, 0.29) is 0 Å². The highest BCUT2D eigenvalue weighted by Gasteiger charge is 2.24. The highest BCUT2D eigenvalue weighted by molar-refractivity contribution is 5.79. The van der Waals surface area contributed by atoms with Crippen LogP contribution in [0.25, 0.3) is 0 Å². The molecule has 0 saturated heterocycles. The quantitative estimate of drug-likeness (QED) is 0.541. The van der Waals surface area contributed by atoms with Gasteiger partial charge in [-0.2, -0.15) is 0 Å². The Morgan fingerprint density at radius 3 is 2.46 bits per heavy atom. The van der Waals surface area contributed by atoms with Gasteiger partial charge >= 0.3 is 6.09 Å². The smallest absolute Gasteiger partial charge is 0.408 e. The van der Waals surface area contributed by atoms with Gasteiger partial charge in [-0.3, -0.25) is 4.99 Å². The van der Waals surface area contributed by atoms with Crippen molar-refractivity contribution < 1.29 is 9.53 Å². The van der Waals surface area contributed by atoms with Crippen LogP contribution in [0.5, 0.6) is 0 Å². The molecule has 1 aromatic rings. The summed E-state index contributed by atoms with van der Waals surface area (Å²) < 4.78 is 7.10. The summed E-state index contributed by atoms with van der Waals surface area (Å²) in [6.45, 7) is 10.3. The molecular weight excluding hydrogens is 310 g/mol. The summed E-state index contributed by atoms with van der Waals surface area (Å²) in [6, 6.07) is 0. The van der Waals surface area contributed by atoms with Crippen LogP contribution >= 0.6 is 0 Å². The first-order valence-electron chi connectivity index (χ1n) is 7.81. The Bertz CT molecular complexity index is 573. The van der Waals surface area contributed by atoms with Crippen LogP contribution in [-0.4, -0.2) is 51.5 Å². The van der Waals surface area contributed by atoms with Gasteiger partial charge < -0.3 is 25.3 Å². The minimum absolute atomic E-state index is 0.448. The Balaban J connectivity index is 2.46. The van der Waals surface area contributed by atoms with Gasteiger partial charge in [0.25, 0.3) is 0 Å². The number of nitrogens with zero attached hydrogens (tertiary/aromatic N) is 4. The number of hydrogen-bond donors (Lipinski definition) is 3. The summed E-state index contributed by atoms with van der Waals surface area (Å²) in [7, 11) is 3.56. The second-order valence-corrected chi connectivity index (χ2v) is 7.15. The Labute approximate surface area is 143 Å². The molecule has 0 atom stereocenters. The second-order valence-electron chi connectivity index (χ2n) is 7.15. The van der Waals surface area contributed by atoms with Crippen molar-refractivity contribution >= 4 is 12.1 Å². The van der Waals surface area contributed by atoms with Crippen LogP contribution in [0.4, 0.5) is 4.79 Å². The molecule has 0 radical (unpaired) electrons. The topological polar surface area (TPSA) is 105 Å². The van der Waals surface area contributed by atoms with E-state index in [0.717, 1.165) is 5.82 Å². The average molecular weight is 339 g/mol. The molecular formula is C15H29N7O2. The summed E-state index contributed by atoms with van der Waals surface area (Å²) >= 11 is 0. The van der Waals surface area contributed by atoms with Gasteiger partial charge in [0, 0.05) is 20.6 Å². The van der Waals surface area contributed by atoms with Gasteiger partial charge in [0.1, 0.15) is 11.9 Å². The van der Waals surface area contributed by atoms with E-state index in [2.05, 4.69) is 31.1 Å². The Morgan fingerprint density at radius 1 is 1.29 bits per heavy atom. The van der Waals surface area contributed by atoms with Crippen LogP contribution in [-0.2, 0) is 18.3 Å².